The van der Waals surface area contributed by atoms with Gasteiger partial charge < -0.3 is 20.3 Å². The van der Waals surface area contributed by atoms with E-state index in [1.807, 2.05) is 0 Å². The van der Waals surface area contributed by atoms with Crippen molar-refractivity contribution in [2.24, 2.45) is 5.73 Å². The lowest BCUT2D eigenvalue weighted by Gasteiger charge is -2.17. The Hall–Kier alpha value is -2.70. The molecule has 7 nitrogen and oxygen atoms in total. The van der Waals surface area contributed by atoms with E-state index in [-0.39, 0.29) is 12.0 Å². The van der Waals surface area contributed by atoms with Crippen molar-refractivity contribution in [2.75, 3.05) is 14.2 Å². The van der Waals surface area contributed by atoms with Gasteiger partial charge in [-0.1, -0.05) is 6.07 Å². The molecule has 2 rings (SSSR count). The molecule has 0 aliphatic heterocycles. The summed E-state index contributed by atoms with van der Waals surface area (Å²) in [5.74, 6) is 0.162. The smallest absolute Gasteiger partial charge is 0.267 e. The van der Waals surface area contributed by atoms with Crippen molar-refractivity contribution in [3.05, 3.63) is 45.4 Å². The van der Waals surface area contributed by atoms with Gasteiger partial charge in [0.1, 0.15) is 0 Å². The third kappa shape index (κ3) is 2.98. The number of amides is 1. The molecule has 1 atom stereocenters. The lowest BCUT2D eigenvalue weighted by atomic mass is 9.88. The molecule has 0 spiro atoms. The average Bonchev–Trinajstić information content (AvgIpc) is 2.83. The van der Waals surface area contributed by atoms with Crippen LogP contribution in [0.15, 0.2) is 23.0 Å². The fourth-order valence-electron chi connectivity index (χ4n) is 2.53. The predicted octanol–water partition coefficient (Wildman–Crippen LogP) is 1.04. The van der Waals surface area contributed by atoms with Crippen LogP contribution >= 0.6 is 0 Å². The number of carbonyl (C=O) groups excluding carboxylic acids is 1. The molecule has 0 saturated carbocycles. The summed E-state index contributed by atoms with van der Waals surface area (Å²) in [5.41, 5.74) is 7.00. The van der Waals surface area contributed by atoms with Crippen molar-refractivity contribution in [3.63, 3.8) is 0 Å². The van der Waals surface area contributed by atoms with E-state index in [1.165, 1.54) is 7.11 Å². The maximum atomic E-state index is 12.0. The first-order valence-electron chi connectivity index (χ1n) is 6.75. The highest BCUT2D eigenvalue weighted by atomic mass is 16.5. The Morgan fingerprint density at radius 3 is 2.41 bits per heavy atom. The fourth-order valence-corrected chi connectivity index (χ4v) is 2.53. The molecule has 2 aromatic rings. The number of primary amides is 1. The molecule has 0 fully saturated rings. The Bertz CT molecular complexity index is 733. The van der Waals surface area contributed by atoms with Crippen LogP contribution in [0.25, 0.3) is 0 Å². The lowest BCUT2D eigenvalue weighted by molar-refractivity contribution is -0.118. The number of nitrogens with two attached hydrogens (primary N) is 1. The van der Waals surface area contributed by atoms with Gasteiger partial charge in [-0.05, 0) is 24.6 Å². The number of carbonyl (C=O) groups is 1. The first-order chi connectivity index (χ1) is 10.5. The minimum Gasteiger partial charge on any atom is -0.493 e. The zero-order valence-corrected chi connectivity index (χ0v) is 12.7. The molecule has 1 aromatic carbocycles. The molecule has 0 radical (unpaired) electrons. The van der Waals surface area contributed by atoms with Gasteiger partial charge in [-0.2, -0.15) is 0 Å². The number of hydrogen-bond donors (Lipinski definition) is 3. The van der Waals surface area contributed by atoms with Gasteiger partial charge in [0.15, 0.2) is 11.5 Å². The molecule has 1 unspecified atom stereocenters. The van der Waals surface area contributed by atoms with Crippen LogP contribution in [0.3, 0.4) is 0 Å². The molecule has 1 heterocycles. The van der Waals surface area contributed by atoms with E-state index in [9.17, 15) is 9.59 Å². The lowest BCUT2D eigenvalue weighted by Crippen LogP contribution is -2.20. The van der Waals surface area contributed by atoms with E-state index in [0.717, 1.165) is 5.56 Å². The van der Waals surface area contributed by atoms with Crippen LogP contribution in [0.5, 0.6) is 11.5 Å². The number of methoxy groups -OCH3 is 2. The van der Waals surface area contributed by atoms with Gasteiger partial charge in [-0.3, -0.25) is 14.7 Å². The first-order valence-corrected chi connectivity index (χ1v) is 6.75. The normalized spacial score (nSPS) is 12.0. The highest BCUT2D eigenvalue weighted by molar-refractivity contribution is 5.75. The molecule has 22 heavy (non-hydrogen) atoms. The van der Waals surface area contributed by atoms with E-state index < -0.39 is 11.8 Å². The highest BCUT2D eigenvalue weighted by Crippen LogP contribution is 2.34. The molecular formula is C15H19N3O4. The predicted molar refractivity (Wildman–Crippen MR) is 81.4 cm³/mol. The van der Waals surface area contributed by atoms with Crippen molar-refractivity contribution in [1.29, 1.82) is 0 Å². The number of aromatic nitrogens is 2. The van der Waals surface area contributed by atoms with Gasteiger partial charge in [0, 0.05) is 23.6 Å². The summed E-state index contributed by atoms with van der Waals surface area (Å²) in [4.78, 5) is 23.4. The van der Waals surface area contributed by atoms with Crippen LogP contribution in [0.1, 0.15) is 29.2 Å². The molecule has 1 aromatic heterocycles. The minimum atomic E-state index is -0.486. The number of benzene rings is 1. The summed E-state index contributed by atoms with van der Waals surface area (Å²) in [7, 11) is 3.07. The summed E-state index contributed by atoms with van der Waals surface area (Å²) in [6.07, 6.45) is 0.0251. The van der Waals surface area contributed by atoms with E-state index in [4.69, 9.17) is 15.2 Å². The van der Waals surface area contributed by atoms with Gasteiger partial charge in [0.2, 0.25) is 5.91 Å². The molecule has 0 saturated heterocycles. The van der Waals surface area contributed by atoms with Crippen LogP contribution in [0.4, 0.5) is 0 Å². The maximum Gasteiger partial charge on any atom is 0.267 e. The van der Waals surface area contributed by atoms with Crippen LogP contribution in [0.2, 0.25) is 0 Å². The molecule has 118 valence electrons. The molecule has 7 heteroatoms. The van der Waals surface area contributed by atoms with Crippen LogP contribution < -0.4 is 20.8 Å². The average molecular weight is 305 g/mol. The summed E-state index contributed by atoms with van der Waals surface area (Å²) in [5, 5.41) is 5.29. The number of hydrogen-bond acceptors (Lipinski definition) is 4. The molecule has 4 N–H and O–H groups in total. The van der Waals surface area contributed by atoms with Crippen LogP contribution in [0, 0.1) is 6.92 Å². The summed E-state index contributed by atoms with van der Waals surface area (Å²) in [6.45, 7) is 1.77. The second-order valence-corrected chi connectivity index (χ2v) is 4.96. The fraction of sp³-hybridized carbons (Fsp3) is 0.333. The summed E-state index contributed by atoms with van der Waals surface area (Å²) >= 11 is 0. The van der Waals surface area contributed by atoms with Gasteiger partial charge in [0.05, 0.1) is 14.2 Å². The Labute approximate surface area is 127 Å². The summed E-state index contributed by atoms with van der Waals surface area (Å²) in [6, 6.07) is 5.28. The number of aromatic amines is 2. The van der Waals surface area contributed by atoms with Gasteiger partial charge in [0.25, 0.3) is 5.56 Å². The van der Waals surface area contributed by atoms with Gasteiger partial charge in [-0.15, -0.1) is 0 Å². The minimum absolute atomic E-state index is 0.0251. The second kappa shape index (κ2) is 6.38. The molecule has 0 aliphatic rings. The number of ether oxygens (including phenoxy) is 2. The largest absolute Gasteiger partial charge is 0.493 e. The second-order valence-electron chi connectivity index (χ2n) is 4.96. The first kappa shape index (κ1) is 15.7. The third-order valence-corrected chi connectivity index (χ3v) is 3.58. The van der Waals surface area contributed by atoms with Crippen molar-refractivity contribution in [2.45, 2.75) is 19.3 Å². The number of nitrogens with one attached hydrogen (secondary N) is 2. The molecule has 1 amide bonds. The van der Waals surface area contributed by atoms with E-state index in [2.05, 4.69) is 10.2 Å². The molecular weight excluding hydrogens is 286 g/mol. The number of aryl methyl sites for hydroxylation is 1. The summed E-state index contributed by atoms with van der Waals surface area (Å²) < 4.78 is 10.5. The maximum absolute atomic E-state index is 12.0. The monoisotopic (exact) mass is 305 g/mol. The van der Waals surface area contributed by atoms with Crippen LogP contribution in [-0.4, -0.2) is 30.3 Å². The van der Waals surface area contributed by atoms with Crippen molar-refractivity contribution in [3.8, 4) is 11.5 Å². The highest BCUT2D eigenvalue weighted by Gasteiger charge is 2.24. The Morgan fingerprint density at radius 1 is 1.23 bits per heavy atom. The molecule has 0 aliphatic carbocycles. The van der Waals surface area contributed by atoms with E-state index in [1.54, 1.807) is 32.2 Å². The Morgan fingerprint density at radius 2 is 1.91 bits per heavy atom. The van der Waals surface area contributed by atoms with Crippen molar-refractivity contribution >= 4 is 5.91 Å². The SMILES string of the molecule is COc1ccc(C(CC(N)=O)c2c(C)[nH][nH]c2=O)cc1OC. The quantitative estimate of drug-likeness (QED) is 0.740. The van der Waals surface area contributed by atoms with E-state index >= 15 is 0 Å². The zero-order chi connectivity index (χ0) is 16.3. The number of rotatable bonds is 6. The zero-order valence-electron chi connectivity index (χ0n) is 12.7. The van der Waals surface area contributed by atoms with Crippen molar-refractivity contribution in [1.82, 2.24) is 10.2 Å². The Balaban J connectivity index is 2.55. The topological polar surface area (TPSA) is 110 Å². The van der Waals surface area contributed by atoms with Crippen LogP contribution in [-0.2, 0) is 4.79 Å². The van der Waals surface area contributed by atoms with Gasteiger partial charge >= 0.3 is 0 Å². The van der Waals surface area contributed by atoms with Crippen molar-refractivity contribution < 1.29 is 14.3 Å². The van der Waals surface area contributed by atoms with Gasteiger partial charge in [-0.25, -0.2) is 0 Å². The third-order valence-electron chi connectivity index (χ3n) is 3.58. The van der Waals surface area contributed by atoms with E-state index in [0.29, 0.717) is 22.8 Å². The Kier molecular flexibility index (Phi) is 4.55. The number of H-pyrrole nitrogens is 2. The standard InChI is InChI=1S/C15H19N3O4/c1-8-14(15(20)18-17-8)10(7-13(16)19)9-4-5-11(21-2)12(6-9)22-3/h4-6,10H,7H2,1-3H3,(H2,16,19)(H2,17,18,20). The molecule has 0 bridgehead atoms.